The fraction of sp³-hybridized carbons (Fsp3) is 0.692. The monoisotopic (exact) mass is 847 g/mol. The average Bonchev–Trinajstić information content (AvgIpc) is 3.34. The van der Waals surface area contributed by atoms with E-state index in [-0.39, 0.29) is 23.9 Å². The van der Waals surface area contributed by atoms with Gasteiger partial charge in [0, 0.05) is 25.2 Å². The van der Waals surface area contributed by atoms with Crippen LogP contribution in [0, 0.1) is 0 Å². The van der Waals surface area contributed by atoms with E-state index in [1.807, 2.05) is 36.4 Å². The van der Waals surface area contributed by atoms with Crippen LogP contribution in [0.5, 0.6) is 0 Å². The number of carbonyl (C=O) groups excluding carboxylic acids is 2. The minimum atomic E-state index is -0.489. The summed E-state index contributed by atoms with van der Waals surface area (Å²) in [6.45, 7) is 1.63. The molecule has 4 N–H and O–H groups in total. The minimum absolute atomic E-state index is 0.00778. The molecule has 6 fully saturated rings. The number of aliphatic imine (C=N–C) groups is 2. The molecule has 0 bridgehead atoms. The fourth-order valence-corrected chi connectivity index (χ4v) is 11.5. The highest BCUT2D eigenvalue weighted by atomic mass is 16.2. The van der Waals surface area contributed by atoms with Crippen molar-refractivity contribution in [1.82, 2.24) is 31.1 Å². The summed E-state index contributed by atoms with van der Waals surface area (Å²) in [5, 5.41) is 15.1. The third-order valence-corrected chi connectivity index (χ3v) is 15.0. The normalized spacial score (nSPS) is 25.4. The topological polar surface area (TPSA) is 113 Å². The molecule has 0 aromatic heterocycles. The summed E-state index contributed by atoms with van der Waals surface area (Å²) in [7, 11) is 0. The van der Waals surface area contributed by atoms with E-state index in [1.54, 1.807) is 0 Å². The van der Waals surface area contributed by atoms with Crippen molar-refractivity contribution in [3.05, 3.63) is 71.8 Å². The van der Waals surface area contributed by atoms with E-state index >= 15 is 9.59 Å². The first kappa shape index (κ1) is 44.5. The van der Waals surface area contributed by atoms with E-state index in [9.17, 15) is 0 Å². The molecule has 2 aromatic rings. The number of piperidine rings is 2. The number of amides is 2. The van der Waals surface area contributed by atoms with Crippen LogP contribution in [0.25, 0.3) is 0 Å². The molecule has 2 amide bonds. The molecule has 2 aromatic carbocycles. The molecule has 10 nitrogen and oxygen atoms in total. The zero-order chi connectivity index (χ0) is 42.4. The molecule has 10 heteroatoms. The van der Waals surface area contributed by atoms with Gasteiger partial charge >= 0.3 is 0 Å². The number of hydrogen-bond acceptors (Lipinski definition) is 4. The Labute approximate surface area is 373 Å². The summed E-state index contributed by atoms with van der Waals surface area (Å²) in [5.74, 6) is 1.90. The lowest BCUT2D eigenvalue weighted by Gasteiger charge is -2.41. The predicted molar refractivity (Wildman–Crippen MR) is 252 cm³/mol. The van der Waals surface area contributed by atoms with Gasteiger partial charge in [0.1, 0.15) is 12.1 Å². The van der Waals surface area contributed by atoms with E-state index in [0.717, 1.165) is 126 Å². The third-order valence-electron chi connectivity index (χ3n) is 15.0. The van der Waals surface area contributed by atoms with E-state index in [1.165, 1.54) is 77.0 Å². The first-order chi connectivity index (χ1) is 30.6. The molecule has 0 spiro atoms. The first-order valence-electron chi connectivity index (χ1n) is 25.5. The standard InChI is InChI=1S/C52H78N8O2/c61-49(45-35-19-21-37-59(45)51(53-41-27-11-3-12-28-41)54-42-29-13-4-14-30-42)57-47(39-23-7-1-8-24-39)48(40-25-9-2-10-26-40)58-50(62)46-36-20-22-38-60(46)52(55-43-31-15-5-16-32-43)56-44-33-17-6-18-34-44/h1-2,7-10,23-26,41-48H,3-6,11-22,27-38H2,(H,53,54)(H,55,56)(H,57,61)(H,58,62). The van der Waals surface area contributed by atoms with Crippen LogP contribution in [0.1, 0.15) is 190 Å². The second-order valence-electron chi connectivity index (χ2n) is 19.7. The van der Waals surface area contributed by atoms with Crippen molar-refractivity contribution in [3.8, 4) is 0 Å². The van der Waals surface area contributed by atoms with Gasteiger partial charge in [-0.05, 0) is 101 Å². The molecule has 2 saturated heterocycles. The Bertz CT molecular complexity index is 1600. The Hall–Kier alpha value is -4.08. The van der Waals surface area contributed by atoms with E-state index in [4.69, 9.17) is 9.98 Å². The summed E-state index contributed by atoms with van der Waals surface area (Å²) in [4.78, 5) is 45.9. The van der Waals surface area contributed by atoms with Crippen molar-refractivity contribution in [2.24, 2.45) is 9.98 Å². The van der Waals surface area contributed by atoms with Crippen LogP contribution < -0.4 is 21.3 Å². The summed E-state index contributed by atoms with van der Waals surface area (Å²) in [6, 6.07) is 20.4. The molecule has 338 valence electrons. The maximum absolute atomic E-state index is 15.1. The molecule has 6 aliphatic rings. The van der Waals surface area contributed by atoms with Gasteiger partial charge in [-0.1, -0.05) is 138 Å². The van der Waals surface area contributed by atoms with Crippen LogP contribution in [-0.4, -0.2) is 82.9 Å². The molecule has 8 rings (SSSR count). The van der Waals surface area contributed by atoms with Crippen molar-refractivity contribution in [3.63, 3.8) is 0 Å². The van der Waals surface area contributed by atoms with Crippen LogP contribution in [-0.2, 0) is 9.59 Å². The van der Waals surface area contributed by atoms with Gasteiger partial charge in [-0.3, -0.25) is 9.59 Å². The van der Waals surface area contributed by atoms with Crippen LogP contribution in [0.2, 0.25) is 0 Å². The van der Waals surface area contributed by atoms with Gasteiger partial charge in [0.15, 0.2) is 11.9 Å². The van der Waals surface area contributed by atoms with Crippen molar-refractivity contribution >= 4 is 23.7 Å². The van der Waals surface area contributed by atoms with Gasteiger partial charge in [-0.2, -0.15) is 0 Å². The van der Waals surface area contributed by atoms with E-state index in [2.05, 4.69) is 55.3 Å². The molecule has 62 heavy (non-hydrogen) atoms. The number of nitrogens with zero attached hydrogens (tertiary/aromatic N) is 4. The molecule has 2 heterocycles. The lowest BCUT2D eigenvalue weighted by molar-refractivity contribution is -0.129. The predicted octanol–water partition coefficient (Wildman–Crippen LogP) is 9.63. The smallest absolute Gasteiger partial charge is 0.243 e. The van der Waals surface area contributed by atoms with Gasteiger partial charge in [-0.25, -0.2) is 9.98 Å². The first-order valence-corrected chi connectivity index (χ1v) is 25.5. The maximum Gasteiger partial charge on any atom is 0.243 e. The second kappa shape index (κ2) is 23.0. The largest absolute Gasteiger partial charge is 0.353 e. The number of carbonyl (C=O) groups is 2. The SMILES string of the molecule is O=C(NC(c1ccccc1)C(NC(=O)C1CCCCN1C(=NC1CCCCC1)NC1CCCCC1)c1ccccc1)C1CCCCN1C(=NC1CCCCC1)NC1CCCCC1. The Balaban J connectivity index is 1.08. The number of benzene rings is 2. The summed E-state index contributed by atoms with van der Waals surface area (Å²) < 4.78 is 0. The third kappa shape index (κ3) is 12.1. The van der Waals surface area contributed by atoms with Crippen molar-refractivity contribution < 1.29 is 9.59 Å². The Morgan fingerprint density at radius 3 is 1.15 bits per heavy atom. The van der Waals surface area contributed by atoms with E-state index in [0.29, 0.717) is 24.2 Å². The summed E-state index contributed by atoms with van der Waals surface area (Å²) in [5.41, 5.74) is 1.96. The highest BCUT2D eigenvalue weighted by molar-refractivity contribution is 5.91. The number of hydrogen-bond donors (Lipinski definition) is 4. The van der Waals surface area contributed by atoms with Crippen molar-refractivity contribution in [1.29, 1.82) is 0 Å². The van der Waals surface area contributed by atoms with Crippen molar-refractivity contribution in [2.75, 3.05) is 13.1 Å². The zero-order valence-corrected chi connectivity index (χ0v) is 37.8. The van der Waals surface area contributed by atoms with Crippen LogP contribution in [0.3, 0.4) is 0 Å². The molecular formula is C52H78N8O2. The van der Waals surface area contributed by atoms with Gasteiger partial charge < -0.3 is 31.1 Å². The van der Waals surface area contributed by atoms with Gasteiger partial charge in [0.05, 0.1) is 24.2 Å². The van der Waals surface area contributed by atoms with Gasteiger partial charge in [0.25, 0.3) is 0 Å². The van der Waals surface area contributed by atoms with Crippen LogP contribution in [0.15, 0.2) is 70.6 Å². The zero-order valence-electron chi connectivity index (χ0n) is 37.8. The summed E-state index contributed by atoms with van der Waals surface area (Å²) >= 11 is 0. The van der Waals surface area contributed by atoms with Crippen molar-refractivity contribution in [2.45, 2.75) is 215 Å². The Kier molecular flexibility index (Phi) is 16.5. The van der Waals surface area contributed by atoms with Gasteiger partial charge in [-0.15, -0.1) is 0 Å². The molecular weight excluding hydrogens is 769 g/mol. The summed E-state index contributed by atoms with van der Waals surface area (Å²) in [6.07, 6.45) is 29.8. The number of guanidine groups is 2. The fourth-order valence-electron chi connectivity index (χ4n) is 11.5. The second-order valence-corrected chi connectivity index (χ2v) is 19.7. The maximum atomic E-state index is 15.1. The highest BCUT2D eigenvalue weighted by Crippen LogP contribution is 2.33. The Morgan fingerprint density at radius 2 is 0.774 bits per heavy atom. The molecule has 4 unspecified atom stereocenters. The lowest BCUT2D eigenvalue weighted by atomic mass is 9.91. The average molecular weight is 847 g/mol. The number of likely N-dealkylation sites (tertiary alicyclic amines) is 2. The molecule has 4 aliphatic carbocycles. The highest BCUT2D eigenvalue weighted by Gasteiger charge is 2.39. The minimum Gasteiger partial charge on any atom is -0.353 e. The molecule has 4 atom stereocenters. The lowest BCUT2D eigenvalue weighted by Crippen LogP contribution is -2.59. The Morgan fingerprint density at radius 1 is 0.435 bits per heavy atom. The molecule has 4 saturated carbocycles. The number of rotatable bonds is 11. The van der Waals surface area contributed by atoms with E-state index < -0.39 is 12.1 Å². The van der Waals surface area contributed by atoms with Crippen LogP contribution in [0.4, 0.5) is 0 Å². The van der Waals surface area contributed by atoms with Crippen LogP contribution >= 0.6 is 0 Å². The quantitative estimate of drug-likeness (QED) is 0.132. The molecule has 2 aliphatic heterocycles. The number of nitrogens with one attached hydrogen (secondary N) is 4. The molecule has 0 radical (unpaired) electrons. The van der Waals surface area contributed by atoms with Gasteiger partial charge in [0.2, 0.25) is 11.8 Å².